The predicted octanol–water partition coefficient (Wildman–Crippen LogP) is 1.14. The van der Waals surface area contributed by atoms with Gasteiger partial charge in [0, 0.05) is 5.56 Å². The minimum Gasteiger partial charge on any atom is -0.493 e. The second-order valence-corrected chi connectivity index (χ2v) is 2.98. The molecule has 0 aliphatic rings. The van der Waals surface area contributed by atoms with Crippen LogP contribution < -0.4 is 9.47 Å². The van der Waals surface area contributed by atoms with Crippen LogP contribution >= 0.6 is 0 Å². The van der Waals surface area contributed by atoms with Crippen molar-refractivity contribution in [3.8, 4) is 11.5 Å². The Morgan fingerprint density at radius 1 is 1.41 bits per heavy atom. The van der Waals surface area contributed by atoms with Gasteiger partial charge in [0.2, 0.25) is 6.61 Å². The van der Waals surface area contributed by atoms with Gasteiger partial charge in [-0.1, -0.05) is 11.2 Å². The van der Waals surface area contributed by atoms with Gasteiger partial charge in [-0.15, -0.1) is 0 Å². The van der Waals surface area contributed by atoms with Crippen LogP contribution in [0, 0.1) is 0 Å². The summed E-state index contributed by atoms with van der Waals surface area (Å²) >= 11 is 0. The molecule has 1 rings (SSSR count). The second-order valence-electron chi connectivity index (χ2n) is 2.98. The fourth-order valence-corrected chi connectivity index (χ4v) is 1.20. The lowest BCUT2D eigenvalue weighted by Crippen LogP contribution is -2.03. The van der Waals surface area contributed by atoms with Crippen molar-refractivity contribution >= 4 is 12.2 Å². The number of oxime groups is 1. The van der Waals surface area contributed by atoms with E-state index in [-0.39, 0.29) is 0 Å². The van der Waals surface area contributed by atoms with E-state index in [0.717, 1.165) is 0 Å². The minimum absolute atomic E-state index is 0.483. The van der Waals surface area contributed by atoms with Gasteiger partial charge in [-0.25, -0.2) is 4.79 Å². The van der Waals surface area contributed by atoms with Crippen molar-refractivity contribution in [2.24, 2.45) is 5.16 Å². The highest BCUT2D eigenvalue weighted by Gasteiger charge is 2.07. The van der Waals surface area contributed by atoms with Crippen molar-refractivity contribution in [3.05, 3.63) is 23.8 Å². The van der Waals surface area contributed by atoms with Crippen molar-refractivity contribution in [2.75, 3.05) is 20.8 Å². The van der Waals surface area contributed by atoms with E-state index >= 15 is 0 Å². The normalized spacial score (nSPS) is 10.2. The quantitative estimate of drug-likeness (QED) is 0.595. The SMILES string of the molecule is COc1cccc(C=NOCC(=O)O)c1OC. The number of benzene rings is 1. The number of rotatable bonds is 6. The van der Waals surface area contributed by atoms with Crippen LogP contribution in [0.2, 0.25) is 0 Å². The van der Waals surface area contributed by atoms with Crippen LogP contribution in [0.25, 0.3) is 0 Å². The Bertz CT molecular complexity index is 416. The molecule has 0 aliphatic heterocycles. The van der Waals surface area contributed by atoms with E-state index in [1.54, 1.807) is 18.2 Å². The molecule has 6 nitrogen and oxygen atoms in total. The van der Waals surface area contributed by atoms with Crippen LogP contribution in [0.3, 0.4) is 0 Å². The molecule has 0 spiro atoms. The molecule has 0 heterocycles. The maximum Gasteiger partial charge on any atom is 0.344 e. The van der Waals surface area contributed by atoms with Crippen LogP contribution in [-0.2, 0) is 9.63 Å². The topological polar surface area (TPSA) is 77.4 Å². The van der Waals surface area contributed by atoms with Gasteiger partial charge in [0.25, 0.3) is 0 Å². The first kappa shape index (κ1) is 12.8. The first-order chi connectivity index (χ1) is 8.19. The third-order valence-corrected chi connectivity index (χ3v) is 1.89. The summed E-state index contributed by atoms with van der Waals surface area (Å²) in [4.78, 5) is 14.7. The number of ether oxygens (including phenoxy) is 2. The molecule has 0 amide bonds. The van der Waals surface area contributed by atoms with Crippen LogP contribution in [0.5, 0.6) is 11.5 Å². The highest BCUT2D eigenvalue weighted by molar-refractivity contribution is 5.84. The predicted molar refractivity (Wildman–Crippen MR) is 60.7 cm³/mol. The Labute approximate surface area is 98.4 Å². The molecule has 17 heavy (non-hydrogen) atoms. The lowest BCUT2D eigenvalue weighted by molar-refractivity contribution is -0.142. The minimum atomic E-state index is -1.08. The fourth-order valence-electron chi connectivity index (χ4n) is 1.20. The van der Waals surface area contributed by atoms with Crippen molar-refractivity contribution in [2.45, 2.75) is 0 Å². The van der Waals surface area contributed by atoms with Gasteiger partial charge in [-0.3, -0.25) is 0 Å². The van der Waals surface area contributed by atoms with E-state index in [9.17, 15) is 4.79 Å². The van der Waals surface area contributed by atoms with Gasteiger partial charge < -0.3 is 19.4 Å². The zero-order chi connectivity index (χ0) is 12.7. The smallest absolute Gasteiger partial charge is 0.344 e. The number of aliphatic carboxylic acids is 1. The van der Waals surface area contributed by atoms with Crippen molar-refractivity contribution in [1.82, 2.24) is 0 Å². The van der Waals surface area contributed by atoms with Gasteiger partial charge in [0.15, 0.2) is 11.5 Å². The molecule has 0 radical (unpaired) electrons. The van der Waals surface area contributed by atoms with E-state index in [4.69, 9.17) is 14.6 Å². The van der Waals surface area contributed by atoms with Crippen LogP contribution in [0.1, 0.15) is 5.56 Å². The third-order valence-electron chi connectivity index (χ3n) is 1.89. The lowest BCUT2D eigenvalue weighted by Gasteiger charge is -2.09. The maximum atomic E-state index is 10.2. The molecule has 0 aliphatic carbocycles. The molecule has 0 saturated heterocycles. The number of carboxylic acids is 1. The number of methoxy groups -OCH3 is 2. The number of carboxylic acid groups (broad SMARTS) is 1. The number of para-hydroxylation sites is 1. The van der Waals surface area contributed by atoms with Crippen molar-refractivity contribution < 1.29 is 24.2 Å². The highest BCUT2D eigenvalue weighted by atomic mass is 16.6. The van der Waals surface area contributed by atoms with Crippen LogP contribution in [0.4, 0.5) is 0 Å². The summed E-state index contributed by atoms with van der Waals surface area (Å²) in [5, 5.41) is 11.9. The summed E-state index contributed by atoms with van der Waals surface area (Å²) in [6.45, 7) is -0.483. The van der Waals surface area contributed by atoms with E-state index in [1.807, 2.05) is 0 Å². The molecule has 0 atom stereocenters. The van der Waals surface area contributed by atoms with Crippen molar-refractivity contribution in [3.63, 3.8) is 0 Å². The zero-order valence-electron chi connectivity index (χ0n) is 9.54. The van der Waals surface area contributed by atoms with E-state index in [2.05, 4.69) is 9.99 Å². The summed E-state index contributed by atoms with van der Waals surface area (Å²) < 4.78 is 10.3. The van der Waals surface area contributed by atoms with Gasteiger partial charge in [-0.05, 0) is 12.1 Å². The number of nitrogens with zero attached hydrogens (tertiary/aromatic N) is 1. The van der Waals surface area contributed by atoms with E-state index < -0.39 is 12.6 Å². The van der Waals surface area contributed by atoms with Crippen LogP contribution in [-0.4, -0.2) is 38.1 Å². The van der Waals surface area contributed by atoms with Gasteiger partial charge in [0.1, 0.15) is 0 Å². The van der Waals surface area contributed by atoms with Crippen LogP contribution in [0.15, 0.2) is 23.4 Å². The standard InChI is InChI=1S/C11H13NO5/c1-15-9-5-3-4-8(11(9)16-2)6-12-17-7-10(13)14/h3-6H,7H2,1-2H3,(H,13,14). The first-order valence-electron chi connectivity index (χ1n) is 4.77. The number of carbonyl (C=O) groups is 1. The molecule has 1 aromatic rings. The summed E-state index contributed by atoms with van der Waals surface area (Å²) in [6.07, 6.45) is 1.37. The Morgan fingerprint density at radius 2 is 2.18 bits per heavy atom. The van der Waals surface area contributed by atoms with E-state index in [0.29, 0.717) is 17.1 Å². The largest absolute Gasteiger partial charge is 0.493 e. The van der Waals surface area contributed by atoms with Gasteiger partial charge in [-0.2, -0.15) is 0 Å². The van der Waals surface area contributed by atoms with E-state index in [1.165, 1.54) is 20.4 Å². The molecule has 0 bridgehead atoms. The number of hydrogen-bond acceptors (Lipinski definition) is 5. The zero-order valence-corrected chi connectivity index (χ0v) is 9.54. The number of hydrogen-bond donors (Lipinski definition) is 1. The highest BCUT2D eigenvalue weighted by Crippen LogP contribution is 2.29. The Hall–Kier alpha value is -2.24. The Morgan fingerprint density at radius 3 is 2.76 bits per heavy atom. The maximum absolute atomic E-state index is 10.2. The molecular weight excluding hydrogens is 226 g/mol. The molecule has 0 saturated carbocycles. The third kappa shape index (κ3) is 3.67. The first-order valence-corrected chi connectivity index (χ1v) is 4.77. The average Bonchev–Trinajstić information content (AvgIpc) is 2.33. The summed E-state index contributed by atoms with van der Waals surface area (Å²) in [5.41, 5.74) is 0.636. The van der Waals surface area contributed by atoms with Gasteiger partial charge in [0.05, 0.1) is 20.4 Å². The monoisotopic (exact) mass is 239 g/mol. The second kappa shape index (κ2) is 6.37. The summed E-state index contributed by atoms with van der Waals surface area (Å²) in [5.74, 6) is -0.00730. The summed E-state index contributed by atoms with van der Waals surface area (Å²) in [7, 11) is 3.03. The molecule has 6 heteroatoms. The average molecular weight is 239 g/mol. The Balaban J connectivity index is 2.79. The molecule has 1 aromatic carbocycles. The fraction of sp³-hybridized carbons (Fsp3) is 0.273. The summed E-state index contributed by atoms with van der Waals surface area (Å²) in [6, 6.07) is 5.25. The molecule has 92 valence electrons. The molecule has 0 aromatic heterocycles. The molecular formula is C11H13NO5. The molecule has 0 unspecified atom stereocenters. The Kier molecular flexibility index (Phi) is 4.80. The van der Waals surface area contributed by atoms with Crippen molar-refractivity contribution in [1.29, 1.82) is 0 Å². The molecule has 0 fully saturated rings. The van der Waals surface area contributed by atoms with Gasteiger partial charge >= 0.3 is 5.97 Å². The lowest BCUT2D eigenvalue weighted by atomic mass is 10.2. The molecule has 1 N–H and O–H groups in total.